The summed E-state index contributed by atoms with van der Waals surface area (Å²) < 4.78 is 27.8. The van der Waals surface area contributed by atoms with Crippen LogP contribution >= 0.6 is 0 Å². The van der Waals surface area contributed by atoms with Crippen LogP contribution in [-0.2, 0) is 26.0 Å². The third-order valence-electron chi connectivity index (χ3n) is 3.40. The molecule has 0 saturated heterocycles. The number of amides is 1. The minimum atomic E-state index is -3.67. The van der Waals surface area contributed by atoms with Gasteiger partial charge < -0.3 is 10.1 Å². The molecule has 0 fully saturated rings. The van der Waals surface area contributed by atoms with Gasteiger partial charge in [-0.1, -0.05) is 26.0 Å². The van der Waals surface area contributed by atoms with E-state index in [0.29, 0.717) is 25.5 Å². The molecule has 1 atom stereocenters. The molecule has 1 aromatic carbocycles. The van der Waals surface area contributed by atoms with E-state index in [4.69, 9.17) is 9.88 Å². The highest BCUT2D eigenvalue weighted by Gasteiger charge is 2.13. The fraction of sp³-hybridized carbons (Fsp3) is 0.562. The van der Waals surface area contributed by atoms with E-state index < -0.39 is 16.1 Å². The third-order valence-corrected chi connectivity index (χ3v) is 4.33. The first-order chi connectivity index (χ1) is 10.7. The van der Waals surface area contributed by atoms with E-state index in [9.17, 15) is 13.2 Å². The first-order valence-corrected chi connectivity index (χ1v) is 9.26. The van der Waals surface area contributed by atoms with Crippen LogP contribution in [0.4, 0.5) is 0 Å². The number of primary sulfonamides is 1. The van der Waals surface area contributed by atoms with Crippen LogP contribution in [0, 0.1) is 5.92 Å². The van der Waals surface area contributed by atoms with Crippen molar-refractivity contribution in [1.82, 2.24) is 5.32 Å². The van der Waals surface area contributed by atoms with Gasteiger partial charge in [0.15, 0.2) is 0 Å². The normalized spacial score (nSPS) is 13.1. The molecular formula is C16H26N2O4S. The summed E-state index contributed by atoms with van der Waals surface area (Å²) >= 11 is 0. The van der Waals surface area contributed by atoms with Crippen molar-refractivity contribution in [3.63, 3.8) is 0 Å². The lowest BCUT2D eigenvalue weighted by atomic mass is 10.1. The predicted molar refractivity (Wildman–Crippen MR) is 89.4 cm³/mol. The molecule has 0 bridgehead atoms. The van der Waals surface area contributed by atoms with E-state index in [0.717, 1.165) is 12.0 Å². The Morgan fingerprint density at radius 1 is 1.22 bits per heavy atom. The van der Waals surface area contributed by atoms with Crippen LogP contribution in [0.1, 0.15) is 32.8 Å². The fourth-order valence-corrected chi connectivity index (χ4v) is 2.39. The van der Waals surface area contributed by atoms with Crippen molar-refractivity contribution in [3.05, 3.63) is 29.8 Å². The van der Waals surface area contributed by atoms with Crippen LogP contribution in [-0.4, -0.2) is 33.6 Å². The number of hydrogen-bond acceptors (Lipinski definition) is 4. The van der Waals surface area contributed by atoms with Crippen LogP contribution < -0.4 is 10.5 Å². The highest BCUT2D eigenvalue weighted by atomic mass is 32.2. The molecule has 23 heavy (non-hydrogen) atoms. The Labute approximate surface area is 138 Å². The SMILES string of the molecule is CC(C)CCOC(C)C(=O)NCCc1ccc(S(N)(=O)=O)cc1. The number of hydrogen-bond donors (Lipinski definition) is 2. The average molecular weight is 342 g/mol. The Balaban J connectivity index is 2.34. The molecule has 7 heteroatoms. The number of carbonyl (C=O) groups is 1. The van der Waals surface area contributed by atoms with Gasteiger partial charge in [-0.2, -0.15) is 0 Å². The quantitative estimate of drug-likeness (QED) is 0.709. The Bertz CT molecular complexity index is 597. The Morgan fingerprint density at radius 3 is 2.35 bits per heavy atom. The molecule has 1 aromatic rings. The molecule has 1 unspecified atom stereocenters. The van der Waals surface area contributed by atoms with E-state index in [1.807, 2.05) is 0 Å². The standard InChI is InChI=1S/C16H26N2O4S/c1-12(2)9-11-22-13(3)16(19)18-10-8-14-4-6-15(7-5-14)23(17,20)21/h4-7,12-13H,8-11H2,1-3H3,(H,18,19)(H2,17,20,21). The second-order valence-electron chi connectivity index (χ2n) is 5.93. The van der Waals surface area contributed by atoms with Crippen LogP contribution in [0.3, 0.4) is 0 Å². The first-order valence-electron chi connectivity index (χ1n) is 7.71. The lowest BCUT2D eigenvalue weighted by molar-refractivity contribution is -0.131. The Kier molecular flexibility index (Phi) is 7.67. The minimum Gasteiger partial charge on any atom is -0.369 e. The largest absolute Gasteiger partial charge is 0.369 e. The molecular weight excluding hydrogens is 316 g/mol. The smallest absolute Gasteiger partial charge is 0.248 e. The summed E-state index contributed by atoms with van der Waals surface area (Å²) in [6.07, 6.45) is 1.06. The number of nitrogens with two attached hydrogens (primary N) is 1. The highest BCUT2D eigenvalue weighted by Crippen LogP contribution is 2.09. The van der Waals surface area contributed by atoms with E-state index in [-0.39, 0.29) is 10.8 Å². The summed E-state index contributed by atoms with van der Waals surface area (Å²) in [6, 6.07) is 6.30. The molecule has 0 aliphatic rings. The van der Waals surface area contributed by atoms with Crippen molar-refractivity contribution in [2.75, 3.05) is 13.2 Å². The van der Waals surface area contributed by atoms with Gasteiger partial charge in [0.1, 0.15) is 6.10 Å². The van der Waals surface area contributed by atoms with Crippen LogP contribution in [0.2, 0.25) is 0 Å². The maximum atomic E-state index is 11.9. The molecule has 0 saturated carbocycles. The first kappa shape index (κ1) is 19.6. The van der Waals surface area contributed by atoms with Gasteiger partial charge in [0.25, 0.3) is 0 Å². The van der Waals surface area contributed by atoms with Crippen molar-refractivity contribution < 1.29 is 17.9 Å². The summed E-state index contributed by atoms with van der Waals surface area (Å²) in [5, 5.41) is 7.85. The number of benzene rings is 1. The Hall–Kier alpha value is -1.44. The maximum absolute atomic E-state index is 11.9. The average Bonchev–Trinajstić information content (AvgIpc) is 2.46. The molecule has 1 amide bonds. The van der Waals surface area contributed by atoms with Gasteiger partial charge in [-0.25, -0.2) is 13.6 Å². The number of carbonyl (C=O) groups excluding carboxylic acids is 1. The molecule has 3 N–H and O–H groups in total. The van der Waals surface area contributed by atoms with Gasteiger partial charge in [-0.3, -0.25) is 4.79 Å². The molecule has 0 heterocycles. The van der Waals surface area contributed by atoms with E-state index in [2.05, 4.69) is 19.2 Å². The van der Waals surface area contributed by atoms with E-state index in [1.165, 1.54) is 12.1 Å². The van der Waals surface area contributed by atoms with Crippen molar-refractivity contribution >= 4 is 15.9 Å². The highest BCUT2D eigenvalue weighted by molar-refractivity contribution is 7.89. The number of sulfonamides is 1. The zero-order valence-electron chi connectivity index (χ0n) is 13.9. The second kappa shape index (κ2) is 9.00. The van der Waals surface area contributed by atoms with Gasteiger partial charge in [0.05, 0.1) is 4.90 Å². The lowest BCUT2D eigenvalue weighted by Crippen LogP contribution is -2.36. The van der Waals surface area contributed by atoms with Crippen LogP contribution in [0.25, 0.3) is 0 Å². The monoisotopic (exact) mass is 342 g/mol. The van der Waals surface area contributed by atoms with Crippen molar-refractivity contribution in [2.24, 2.45) is 11.1 Å². The maximum Gasteiger partial charge on any atom is 0.248 e. The summed E-state index contributed by atoms with van der Waals surface area (Å²) in [7, 11) is -3.67. The summed E-state index contributed by atoms with van der Waals surface area (Å²) in [6.45, 7) is 6.98. The van der Waals surface area contributed by atoms with E-state index in [1.54, 1.807) is 19.1 Å². The predicted octanol–water partition coefficient (Wildman–Crippen LogP) is 1.44. The number of nitrogens with one attached hydrogen (secondary N) is 1. The lowest BCUT2D eigenvalue weighted by Gasteiger charge is -2.14. The number of rotatable bonds is 9. The minimum absolute atomic E-state index is 0.0810. The zero-order valence-corrected chi connectivity index (χ0v) is 14.7. The van der Waals surface area contributed by atoms with Gasteiger partial charge in [-0.15, -0.1) is 0 Å². The van der Waals surface area contributed by atoms with Crippen LogP contribution in [0.15, 0.2) is 29.2 Å². The summed E-state index contributed by atoms with van der Waals surface area (Å²) in [5.74, 6) is 0.403. The van der Waals surface area contributed by atoms with Crippen molar-refractivity contribution in [2.45, 2.75) is 44.6 Å². The summed E-state index contributed by atoms with van der Waals surface area (Å²) in [4.78, 5) is 11.9. The van der Waals surface area contributed by atoms with E-state index >= 15 is 0 Å². The molecule has 0 spiro atoms. The van der Waals surface area contributed by atoms with Gasteiger partial charge in [0, 0.05) is 13.2 Å². The van der Waals surface area contributed by atoms with Crippen molar-refractivity contribution in [1.29, 1.82) is 0 Å². The molecule has 6 nitrogen and oxygen atoms in total. The fourth-order valence-electron chi connectivity index (χ4n) is 1.88. The van der Waals surface area contributed by atoms with Gasteiger partial charge >= 0.3 is 0 Å². The molecule has 1 rings (SSSR count). The number of ether oxygens (including phenoxy) is 1. The zero-order chi connectivity index (χ0) is 17.5. The van der Waals surface area contributed by atoms with Crippen molar-refractivity contribution in [3.8, 4) is 0 Å². The topological polar surface area (TPSA) is 98.5 Å². The molecule has 0 aromatic heterocycles. The van der Waals surface area contributed by atoms with Gasteiger partial charge in [-0.05, 0) is 43.4 Å². The third kappa shape index (κ3) is 7.58. The second-order valence-corrected chi connectivity index (χ2v) is 7.49. The summed E-state index contributed by atoms with van der Waals surface area (Å²) in [5.41, 5.74) is 0.922. The molecule has 130 valence electrons. The Morgan fingerprint density at radius 2 is 1.83 bits per heavy atom. The van der Waals surface area contributed by atoms with Gasteiger partial charge in [0.2, 0.25) is 15.9 Å². The molecule has 0 radical (unpaired) electrons. The van der Waals surface area contributed by atoms with Crippen LogP contribution in [0.5, 0.6) is 0 Å². The molecule has 0 aliphatic heterocycles. The molecule has 0 aliphatic carbocycles.